The van der Waals surface area contributed by atoms with Crippen LogP contribution in [0.4, 0.5) is 4.79 Å². The second kappa shape index (κ2) is 9.15. The molecule has 4 rings (SSSR count). The molecule has 2 amide bonds. The Hall–Kier alpha value is -1.79. The maximum absolute atomic E-state index is 12.9. The van der Waals surface area contributed by atoms with E-state index in [0.717, 1.165) is 57.9 Å². The maximum Gasteiger partial charge on any atom is 0.317 e. The molecule has 30 heavy (non-hydrogen) atoms. The molecule has 6 nitrogen and oxygen atoms in total. The molecular formula is C24H38N4O2. The van der Waals surface area contributed by atoms with Gasteiger partial charge >= 0.3 is 6.03 Å². The van der Waals surface area contributed by atoms with Crippen LogP contribution in [0.25, 0.3) is 0 Å². The largest absolute Gasteiger partial charge is 0.497 e. The summed E-state index contributed by atoms with van der Waals surface area (Å²) in [5.41, 5.74) is 1.42. The lowest BCUT2D eigenvalue weighted by Crippen LogP contribution is -2.70. The number of hydrogen-bond donors (Lipinski definition) is 1. The van der Waals surface area contributed by atoms with Crippen molar-refractivity contribution < 1.29 is 9.53 Å². The molecule has 0 aromatic heterocycles. The van der Waals surface area contributed by atoms with Crippen molar-refractivity contribution in [1.82, 2.24) is 20.0 Å². The first-order valence-electron chi connectivity index (χ1n) is 11.6. The number of piperazine rings is 2. The van der Waals surface area contributed by atoms with Gasteiger partial charge < -0.3 is 15.0 Å². The highest BCUT2D eigenvalue weighted by atomic mass is 16.5. The van der Waals surface area contributed by atoms with Crippen molar-refractivity contribution >= 4 is 6.03 Å². The van der Waals surface area contributed by atoms with Gasteiger partial charge in [0.15, 0.2) is 0 Å². The fraction of sp³-hybridized carbons (Fsp3) is 0.708. The summed E-state index contributed by atoms with van der Waals surface area (Å²) >= 11 is 0. The van der Waals surface area contributed by atoms with Crippen molar-refractivity contribution in [3.63, 3.8) is 0 Å². The van der Waals surface area contributed by atoms with Gasteiger partial charge in [0, 0.05) is 56.9 Å². The minimum absolute atomic E-state index is 0.112. The van der Waals surface area contributed by atoms with E-state index in [9.17, 15) is 4.79 Å². The lowest BCUT2D eigenvalue weighted by Gasteiger charge is -2.55. The first-order chi connectivity index (χ1) is 14.4. The van der Waals surface area contributed by atoms with E-state index in [2.05, 4.69) is 46.0 Å². The summed E-state index contributed by atoms with van der Waals surface area (Å²) in [7, 11) is 1.70. The highest BCUT2D eigenvalue weighted by Gasteiger charge is 2.43. The normalized spacial score (nSPS) is 25.6. The maximum atomic E-state index is 12.9. The molecule has 6 heteroatoms. The van der Waals surface area contributed by atoms with E-state index in [1.54, 1.807) is 7.11 Å². The van der Waals surface area contributed by atoms with Crippen molar-refractivity contribution in [2.75, 3.05) is 39.8 Å². The highest BCUT2D eigenvalue weighted by molar-refractivity contribution is 5.74. The van der Waals surface area contributed by atoms with Crippen LogP contribution in [0.1, 0.15) is 51.5 Å². The lowest BCUT2D eigenvalue weighted by atomic mass is 9.92. The van der Waals surface area contributed by atoms with E-state index in [0.29, 0.717) is 12.1 Å². The number of nitrogens with one attached hydrogen (secondary N) is 1. The van der Waals surface area contributed by atoms with Crippen LogP contribution in [0.2, 0.25) is 0 Å². The zero-order chi connectivity index (χ0) is 21.1. The van der Waals surface area contributed by atoms with E-state index < -0.39 is 0 Å². The zero-order valence-corrected chi connectivity index (χ0v) is 18.9. The SMILES string of the molecule is COc1ccc(CN2CC3CN(C(=O)NC4CCCCC4)CCN3C(C)(C)C2)cc1. The molecule has 1 aromatic carbocycles. The lowest BCUT2D eigenvalue weighted by molar-refractivity contribution is -0.0592. The number of amides is 2. The molecule has 3 aliphatic rings. The van der Waals surface area contributed by atoms with Crippen LogP contribution in [-0.2, 0) is 6.54 Å². The number of hydrogen-bond acceptors (Lipinski definition) is 4. The monoisotopic (exact) mass is 414 g/mol. The summed E-state index contributed by atoms with van der Waals surface area (Å²) in [5, 5.41) is 3.31. The molecule has 1 N–H and O–H groups in total. The topological polar surface area (TPSA) is 48.1 Å². The summed E-state index contributed by atoms with van der Waals surface area (Å²) in [5.74, 6) is 0.899. The van der Waals surface area contributed by atoms with Crippen LogP contribution < -0.4 is 10.1 Å². The molecule has 0 spiro atoms. The second-order valence-electron chi connectivity index (χ2n) is 9.91. The summed E-state index contributed by atoms with van der Waals surface area (Å²) in [6.07, 6.45) is 6.08. The van der Waals surface area contributed by atoms with Gasteiger partial charge in [0.1, 0.15) is 5.75 Å². The Morgan fingerprint density at radius 2 is 1.83 bits per heavy atom. The Labute approximate surface area is 181 Å². The molecule has 2 heterocycles. The predicted molar refractivity (Wildman–Crippen MR) is 120 cm³/mol. The number of nitrogens with zero attached hydrogens (tertiary/aromatic N) is 3. The number of rotatable bonds is 4. The van der Waals surface area contributed by atoms with Crippen LogP contribution >= 0.6 is 0 Å². The van der Waals surface area contributed by atoms with Crippen LogP contribution in [0.3, 0.4) is 0 Å². The van der Waals surface area contributed by atoms with Crippen molar-refractivity contribution in [2.24, 2.45) is 0 Å². The van der Waals surface area contributed by atoms with E-state index in [1.807, 2.05) is 12.1 Å². The van der Waals surface area contributed by atoms with Gasteiger partial charge in [0.05, 0.1) is 7.11 Å². The molecule has 1 atom stereocenters. The Morgan fingerprint density at radius 1 is 1.10 bits per heavy atom. The number of methoxy groups -OCH3 is 1. The van der Waals surface area contributed by atoms with E-state index in [-0.39, 0.29) is 11.6 Å². The van der Waals surface area contributed by atoms with Gasteiger partial charge in [-0.1, -0.05) is 31.4 Å². The number of benzene rings is 1. The molecule has 1 saturated carbocycles. The zero-order valence-electron chi connectivity index (χ0n) is 18.9. The first-order valence-corrected chi connectivity index (χ1v) is 11.6. The minimum Gasteiger partial charge on any atom is -0.497 e. The average molecular weight is 415 g/mol. The minimum atomic E-state index is 0.112. The van der Waals surface area contributed by atoms with Crippen molar-refractivity contribution in [3.8, 4) is 5.75 Å². The molecule has 1 aromatic rings. The van der Waals surface area contributed by atoms with Crippen LogP contribution in [0, 0.1) is 0 Å². The Kier molecular flexibility index (Phi) is 6.54. The number of carbonyl (C=O) groups excluding carboxylic acids is 1. The van der Waals surface area contributed by atoms with Gasteiger partial charge in [0.25, 0.3) is 0 Å². The van der Waals surface area contributed by atoms with E-state index in [1.165, 1.54) is 24.8 Å². The van der Waals surface area contributed by atoms with Crippen LogP contribution in [0.5, 0.6) is 5.75 Å². The fourth-order valence-corrected chi connectivity index (χ4v) is 5.62. The highest BCUT2D eigenvalue weighted by Crippen LogP contribution is 2.29. The first kappa shape index (κ1) is 21.4. The Bertz CT molecular complexity index is 714. The molecule has 2 saturated heterocycles. The van der Waals surface area contributed by atoms with Gasteiger partial charge in [-0.3, -0.25) is 9.80 Å². The van der Waals surface area contributed by atoms with Crippen molar-refractivity contribution in [1.29, 1.82) is 0 Å². The number of fused-ring (bicyclic) bond motifs is 1. The van der Waals surface area contributed by atoms with Gasteiger partial charge in [-0.15, -0.1) is 0 Å². The molecule has 3 fully saturated rings. The van der Waals surface area contributed by atoms with E-state index >= 15 is 0 Å². The van der Waals surface area contributed by atoms with Crippen molar-refractivity contribution in [2.45, 2.75) is 70.1 Å². The average Bonchev–Trinajstić information content (AvgIpc) is 2.74. The number of urea groups is 1. The van der Waals surface area contributed by atoms with Crippen molar-refractivity contribution in [3.05, 3.63) is 29.8 Å². The Balaban J connectivity index is 1.37. The molecule has 166 valence electrons. The van der Waals surface area contributed by atoms with Crippen LogP contribution in [-0.4, -0.2) is 78.2 Å². The molecule has 0 radical (unpaired) electrons. The molecule has 2 aliphatic heterocycles. The van der Waals surface area contributed by atoms with Gasteiger partial charge in [0.2, 0.25) is 0 Å². The molecule has 1 unspecified atom stereocenters. The van der Waals surface area contributed by atoms with Crippen LogP contribution in [0.15, 0.2) is 24.3 Å². The summed E-state index contributed by atoms with van der Waals surface area (Å²) < 4.78 is 5.29. The summed E-state index contributed by atoms with van der Waals surface area (Å²) in [6.45, 7) is 10.3. The van der Waals surface area contributed by atoms with Gasteiger partial charge in [-0.25, -0.2) is 4.79 Å². The van der Waals surface area contributed by atoms with Gasteiger partial charge in [-0.05, 0) is 44.4 Å². The van der Waals surface area contributed by atoms with E-state index in [4.69, 9.17) is 4.74 Å². The Morgan fingerprint density at radius 3 is 2.53 bits per heavy atom. The smallest absolute Gasteiger partial charge is 0.317 e. The quantitative estimate of drug-likeness (QED) is 0.821. The number of carbonyl (C=O) groups is 1. The standard InChI is InChI=1S/C24H38N4O2/c1-24(2)18-26(15-19-9-11-22(30-3)12-10-19)16-21-17-27(13-14-28(21)24)23(29)25-20-7-5-4-6-8-20/h9-12,20-21H,4-8,13-18H2,1-3H3,(H,25,29). The molecule has 1 aliphatic carbocycles. The second-order valence-corrected chi connectivity index (χ2v) is 9.91. The molecular weight excluding hydrogens is 376 g/mol. The third kappa shape index (κ3) is 4.92. The summed E-state index contributed by atoms with van der Waals surface area (Å²) in [4.78, 5) is 20.1. The third-order valence-corrected chi connectivity index (χ3v) is 7.12. The third-order valence-electron chi connectivity index (χ3n) is 7.12. The molecule has 0 bridgehead atoms. The number of ether oxygens (including phenoxy) is 1. The van der Waals surface area contributed by atoms with Gasteiger partial charge in [-0.2, -0.15) is 0 Å². The summed E-state index contributed by atoms with van der Waals surface area (Å²) in [6, 6.07) is 9.29. The predicted octanol–water partition coefficient (Wildman–Crippen LogP) is 3.32. The fourth-order valence-electron chi connectivity index (χ4n) is 5.62.